The fourth-order valence-electron chi connectivity index (χ4n) is 2.04. The van der Waals surface area contributed by atoms with Gasteiger partial charge in [0, 0.05) is 18.1 Å². The first kappa shape index (κ1) is 9.69. The van der Waals surface area contributed by atoms with E-state index in [4.69, 9.17) is 10.5 Å². The molecule has 0 saturated carbocycles. The molecule has 0 bridgehead atoms. The molecule has 2 N–H and O–H groups in total. The van der Waals surface area contributed by atoms with E-state index in [0.29, 0.717) is 0 Å². The highest BCUT2D eigenvalue weighted by atomic mass is 16.5. The van der Waals surface area contributed by atoms with Crippen LogP contribution in [0.15, 0.2) is 30.3 Å². The molecule has 2 heteroatoms. The molecule has 1 aliphatic rings. The van der Waals surface area contributed by atoms with Crippen molar-refractivity contribution in [2.75, 3.05) is 13.2 Å². The van der Waals surface area contributed by atoms with Crippen LogP contribution in [0.25, 0.3) is 0 Å². The summed E-state index contributed by atoms with van der Waals surface area (Å²) in [5.74, 6) is 0. The Bertz CT molecular complexity index is 298. The van der Waals surface area contributed by atoms with Gasteiger partial charge in [-0.3, -0.25) is 0 Å². The fourth-order valence-corrected chi connectivity index (χ4v) is 2.04. The summed E-state index contributed by atoms with van der Waals surface area (Å²) < 4.78 is 5.53. The van der Waals surface area contributed by atoms with Gasteiger partial charge < -0.3 is 10.5 Å². The summed E-state index contributed by atoms with van der Waals surface area (Å²) in [6.07, 6.45) is 0.950. The van der Waals surface area contributed by atoms with Crippen molar-refractivity contribution in [3.05, 3.63) is 35.9 Å². The quantitative estimate of drug-likeness (QED) is 0.733. The zero-order valence-corrected chi connectivity index (χ0v) is 8.57. The first-order valence-corrected chi connectivity index (χ1v) is 5.12. The highest BCUT2D eigenvalue weighted by molar-refractivity contribution is 5.27. The van der Waals surface area contributed by atoms with Crippen LogP contribution in [-0.2, 0) is 10.2 Å². The molecule has 0 amide bonds. The van der Waals surface area contributed by atoms with Crippen LogP contribution in [0.3, 0.4) is 0 Å². The second-order valence-corrected chi connectivity index (χ2v) is 4.23. The lowest BCUT2D eigenvalue weighted by Crippen LogP contribution is -2.50. The van der Waals surface area contributed by atoms with Gasteiger partial charge in [0.05, 0.1) is 6.61 Å². The Morgan fingerprint density at radius 1 is 1.36 bits per heavy atom. The maximum atomic E-state index is 6.17. The van der Waals surface area contributed by atoms with Crippen molar-refractivity contribution in [2.45, 2.75) is 24.8 Å². The van der Waals surface area contributed by atoms with Crippen LogP contribution in [0.1, 0.15) is 18.9 Å². The van der Waals surface area contributed by atoms with Crippen LogP contribution >= 0.6 is 0 Å². The highest BCUT2D eigenvalue weighted by Crippen LogP contribution is 2.31. The van der Waals surface area contributed by atoms with E-state index >= 15 is 0 Å². The molecule has 0 spiro atoms. The number of hydrogen-bond donors (Lipinski definition) is 1. The monoisotopic (exact) mass is 191 g/mol. The van der Waals surface area contributed by atoms with Gasteiger partial charge in [0.25, 0.3) is 0 Å². The van der Waals surface area contributed by atoms with Gasteiger partial charge in [-0.25, -0.2) is 0 Å². The van der Waals surface area contributed by atoms with E-state index in [1.165, 1.54) is 5.56 Å². The molecule has 2 rings (SSSR count). The van der Waals surface area contributed by atoms with Crippen LogP contribution < -0.4 is 5.73 Å². The lowest BCUT2D eigenvalue weighted by Gasteiger charge is -2.39. The van der Waals surface area contributed by atoms with Crippen LogP contribution in [0.2, 0.25) is 0 Å². The summed E-state index contributed by atoms with van der Waals surface area (Å²) in [6, 6.07) is 10.6. The Morgan fingerprint density at radius 2 is 2.07 bits per heavy atom. The third kappa shape index (κ3) is 1.56. The molecule has 1 heterocycles. The van der Waals surface area contributed by atoms with Crippen molar-refractivity contribution in [3.8, 4) is 0 Å². The predicted octanol–water partition coefficient (Wildman–Crippen LogP) is 1.69. The minimum absolute atomic E-state index is 0.0144. The van der Waals surface area contributed by atoms with Gasteiger partial charge >= 0.3 is 0 Å². The zero-order chi connectivity index (χ0) is 10.0. The van der Waals surface area contributed by atoms with E-state index in [0.717, 1.165) is 19.6 Å². The first-order valence-electron chi connectivity index (χ1n) is 5.12. The normalized spacial score (nSPS) is 32.9. The molecule has 1 saturated heterocycles. The van der Waals surface area contributed by atoms with E-state index in [9.17, 15) is 0 Å². The lowest BCUT2D eigenvalue weighted by atomic mass is 9.74. The molecule has 14 heavy (non-hydrogen) atoms. The van der Waals surface area contributed by atoms with E-state index in [1.54, 1.807) is 0 Å². The van der Waals surface area contributed by atoms with Gasteiger partial charge in [-0.2, -0.15) is 0 Å². The molecule has 1 aromatic carbocycles. The molecule has 1 aliphatic heterocycles. The molecule has 2 unspecified atom stereocenters. The molecule has 2 atom stereocenters. The topological polar surface area (TPSA) is 35.2 Å². The molecule has 0 aromatic heterocycles. The molecule has 1 fully saturated rings. The molecule has 0 radical (unpaired) electrons. The van der Waals surface area contributed by atoms with Gasteiger partial charge in [-0.15, -0.1) is 0 Å². The van der Waals surface area contributed by atoms with Crippen LogP contribution in [0.5, 0.6) is 0 Å². The van der Waals surface area contributed by atoms with Crippen molar-refractivity contribution in [2.24, 2.45) is 5.73 Å². The van der Waals surface area contributed by atoms with E-state index < -0.39 is 0 Å². The summed E-state index contributed by atoms with van der Waals surface area (Å²) in [5, 5.41) is 0. The van der Waals surface area contributed by atoms with E-state index in [1.807, 2.05) is 6.07 Å². The van der Waals surface area contributed by atoms with E-state index in [2.05, 4.69) is 31.2 Å². The third-order valence-electron chi connectivity index (χ3n) is 3.23. The standard InChI is InChI=1S/C12H17NO/c1-12(9-14-8-7-11(12)13)10-5-3-2-4-6-10/h2-6,11H,7-9,13H2,1H3. The van der Waals surface area contributed by atoms with Gasteiger partial charge in [0.15, 0.2) is 0 Å². The second-order valence-electron chi connectivity index (χ2n) is 4.23. The van der Waals surface area contributed by atoms with Gasteiger partial charge in [0.2, 0.25) is 0 Å². The average molecular weight is 191 g/mol. The summed E-state index contributed by atoms with van der Waals surface area (Å²) in [7, 11) is 0. The Labute approximate surface area is 85.1 Å². The zero-order valence-electron chi connectivity index (χ0n) is 8.57. The summed E-state index contributed by atoms with van der Waals surface area (Å²) >= 11 is 0. The minimum atomic E-state index is -0.0144. The number of nitrogens with two attached hydrogens (primary N) is 1. The van der Waals surface area contributed by atoms with Crippen molar-refractivity contribution in [1.29, 1.82) is 0 Å². The van der Waals surface area contributed by atoms with Crippen LogP contribution in [0.4, 0.5) is 0 Å². The molecular formula is C12H17NO. The highest BCUT2D eigenvalue weighted by Gasteiger charge is 2.36. The predicted molar refractivity (Wildman–Crippen MR) is 57.2 cm³/mol. The smallest absolute Gasteiger partial charge is 0.0575 e. The molecule has 76 valence electrons. The third-order valence-corrected chi connectivity index (χ3v) is 3.23. The summed E-state index contributed by atoms with van der Waals surface area (Å²) in [4.78, 5) is 0. The van der Waals surface area contributed by atoms with Crippen LogP contribution in [0, 0.1) is 0 Å². The minimum Gasteiger partial charge on any atom is -0.380 e. The average Bonchev–Trinajstić information content (AvgIpc) is 2.24. The summed E-state index contributed by atoms with van der Waals surface area (Å²) in [5.41, 5.74) is 7.44. The number of hydrogen-bond acceptors (Lipinski definition) is 2. The number of rotatable bonds is 1. The molecule has 1 aromatic rings. The van der Waals surface area contributed by atoms with E-state index in [-0.39, 0.29) is 11.5 Å². The Balaban J connectivity index is 2.30. The molecular weight excluding hydrogens is 174 g/mol. The van der Waals surface area contributed by atoms with Gasteiger partial charge in [-0.1, -0.05) is 37.3 Å². The van der Waals surface area contributed by atoms with Crippen molar-refractivity contribution < 1.29 is 4.74 Å². The molecule has 0 aliphatic carbocycles. The van der Waals surface area contributed by atoms with Crippen molar-refractivity contribution in [1.82, 2.24) is 0 Å². The van der Waals surface area contributed by atoms with Gasteiger partial charge in [0.1, 0.15) is 0 Å². The maximum Gasteiger partial charge on any atom is 0.0575 e. The van der Waals surface area contributed by atoms with Crippen molar-refractivity contribution >= 4 is 0 Å². The summed E-state index contributed by atoms with van der Waals surface area (Å²) in [6.45, 7) is 3.72. The Kier molecular flexibility index (Phi) is 2.57. The van der Waals surface area contributed by atoms with Crippen LogP contribution in [-0.4, -0.2) is 19.3 Å². The fraction of sp³-hybridized carbons (Fsp3) is 0.500. The lowest BCUT2D eigenvalue weighted by molar-refractivity contribution is 0.0285. The largest absolute Gasteiger partial charge is 0.380 e. The first-order chi connectivity index (χ1) is 6.73. The Hall–Kier alpha value is -0.860. The number of ether oxygens (including phenoxy) is 1. The maximum absolute atomic E-state index is 6.17. The Morgan fingerprint density at radius 3 is 2.71 bits per heavy atom. The second kappa shape index (κ2) is 3.71. The van der Waals surface area contributed by atoms with Gasteiger partial charge in [-0.05, 0) is 12.0 Å². The SMILES string of the molecule is CC1(c2ccccc2)COCCC1N. The molecule has 2 nitrogen and oxygen atoms in total. The van der Waals surface area contributed by atoms with Crippen molar-refractivity contribution in [3.63, 3.8) is 0 Å². The number of benzene rings is 1.